The standard InChI is InChI=1S/C36H39F3N2O5/c1-21(2)19-41(30(44)13-8-23-6-10-26(11-7-23)36(37,38)39)27-14-15-35(46-22(3)42)29-18-25-9-12-28(43)32-31(25)34(35,33(27)45-32)16-17-40(29)20-24-4-5-24/h6-7,9-12,21,24,27,29,33,43H,4-5,14-20H2,1-3H3/t27-,29-,33+,34+,35-/m1/s1. The first kappa shape index (κ1) is 30.9. The Hall–Kier alpha value is -3.71. The van der Waals surface area contributed by atoms with Crippen molar-refractivity contribution in [1.82, 2.24) is 9.80 Å². The molecule has 2 saturated carbocycles. The van der Waals surface area contributed by atoms with Crippen LogP contribution in [0.25, 0.3) is 0 Å². The van der Waals surface area contributed by atoms with Crippen molar-refractivity contribution < 1.29 is 37.3 Å². The number of hydrogen-bond acceptors (Lipinski definition) is 6. The van der Waals surface area contributed by atoms with Gasteiger partial charge in [0.05, 0.1) is 23.1 Å². The Morgan fingerprint density at radius 2 is 1.87 bits per heavy atom. The van der Waals surface area contributed by atoms with Gasteiger partial charge >= 0.3 is 12.1 Å². The van der Waals surface area contributed by atoms with Gasteiger partial charge in [-0.05, 0) is 92.8 Å². The lowest BCUT2D eigenvalue weighted by molar-refractivity contribution is -0.224. The quantitative estimate of drug-likeness (QED) is 0.336. The lowest BCUT2D eigenvalue weighted by Gasteiger charge is -2.65. The third kappa shape index (κ3) is 4.85. The van der Waals surface area contributed by atoms with Crippen LogP contribution in [0, 0.1) is 23.7 Å². The van der Waals surface area contributed by atoms with Crippen LogP contribution in [-0.2, 0) is 32.3 Å². The highest BCUT2D eigenvalue weighted by Gasteiger charge is 2.75. The maximum Gasteiger partial charge on any atom is 0.416 e. The van der Waals surface area contributed by atoms with Crippen LogP contribution in [-0.4, -0.2) is 70.2 Å². The first-order valence-corrected chi connectivity index (χ1v) is 16.3. The van der Waals surface area contributed by atoms with E-state index in [1.165, 1.54) is 31.9 Å². The van der Waals surface area contributed by atoms with Crippen LogP contribution >= 0.6 is 0 Å². The van der Waals surface area contributed by atoms with Crippen LogP contribution in [0.1, 0.15) is 75.1 Å². The van der Waals surface area contributed by atoms with E-state index in [0.717, 1.165) is 36.3 Å². The second-order valence-electron chi connectivity index (χ2n) is 14.1. The number of alkyl halides is 3. The minimum atomic E-state index is -4.46. The largest absolute Gasteiger partial charge is 0.504 e. The number of likely N-dealkylation sites (tertiary alicyclic amines) is 1. The number of rotatable bonds is 6. The molecule has 2 aromatic rings. The molecule has 0 aromatic heterocycles. The van der Waals surface area contributed by atoms with Crippen molar-refractivity contribution in [2.24, 2.45) is 11.8 Å². The normalized spacial score (nSPS) is 29.3. The molecule has 46 heavy (non-hydrogen) atoms. The van der Waals surface area contributed by atoms with E-state index in [9.17, 15) is 27.9 Å². The molecule has 3 fully saturated rings. The van der Waals surface area contributed by atoms with Crippen LogP contribution in [0.15, 0.2) is 36.4 Å². The van der Waals surface area contributed by atoms with Crippen LogP contribution in [0.3, 0.4) is 0 Å². The molecule has 2 aliphatic heterocycles. The summed E-state index contributed by atoms with van der Waals surface area (Å²) >= 11 is 0. The number of phenolic OH excluding ortho intramolecular Hbond substituents is 1. The summed E-state index contributed by atoms with van der Waals surface area (Å²) in [5.41, 5.74) is -0.161. The molecule has 0 radical (unpaired) electrons. The molecule has 2 aromatic carbocycles. The summed E-state index contributed by atoms with van der Waals surface area (Å²) in [4.78, 5) is 31.1. The van der Waals surface area contributed by atoms with E-state index in [0.29, 0.717) is 49.5 Å². The average Bonchev–Trinajstić information content (AvgIpc) is 3.74. The van der Waals surface area contributed by atoms with Gasteiger partial charge in [-0.15, -0.1) is 0 Å². The van der Waals surface area contributed by atoms with Crippen molar-refractivity contribution in [3.05, 3.63) is 58.7 Å². The summed E-state index contributed by atoms with van der Waals surface area (Å²) in [5, 5.41) is 11.1. The Balaban J connectivity index is 1.29. The average molecular weight is 637 g/mol. The molecule has 5 atom stereocenters. The molecular weight excluding hydrogens is 597 g/mol. The molecule has 0 unspecified atom stereocenters. The van der Waals surface area contributed by atoms with Gasteiger partial charge in [0.1, 0.15) is 11.7 Å². The van der Waals surface area contributed by atoms with Gasteiger partial charge in [-0.1, -0.05) is 25.8 Å². The second-order valence-corrected chi connectivity index (χ2v) is 14.1. The van der Waals surface area contributed by atoms with Crippen molar-refractivity contribution in [2.45, 2.75) is 94.7 Å². The van der Waals surface area contributed by atoms with E-state index >= 15 is 0 Å². The molecule has 5 aliphatic rings. The van der Waals surface area contributed by atoms with E-state index < -0.39 is 40.8 Å². The van der Waals surface area contributed by atoms with Gasteiger partial charge in [0.2, 0.25) is 0 Å². The Morgan fingerprint density at radius 3 is 2.52 bits per heavy atom. The third-order valence-electron chi connectivity index (χ3n) is 10.8. The Labute approximate surface area is 267 Å². The van der Waals surface area contributed by atoms with E-state index in [1.54, 1.807) is 11.0 Å². The van der Waals surface area contributed by atoms with Crippen molar-refractivity contribution in [3.63, 3.8) is 0 Å². The van der Waals surface area contributed by atoms with Crippen LogP contribution in [0.2, 0.25) is 0 Å². The van der Waals surface area contributed by atoms with Gasteiger partial charge in [0, 0.05) is 37.1 Å². The molecule has 2 heterocycles. The van der Waals surface area contributed by atoms with Gasteiger partial charge in [-0.25, -0.2) is 0 Å². The van der Waals surface area contributed by atoms with E-state index in [1.807, 2.05) is 19.9 Å². The number of carbonyl (C=O) groups excluding carboxylic acids is 2. The Bertz CT molecular complexity index is 1620. The van der Waals surface area contributed by atoms with Crippen molar-refractivity contribution in [1.29, 1.82) is 0 Å². The summed E-state index contributed by atoms with van der Waals surface area (Å²) in [6, 6.07) is 7.58. The van der Waals surface area contributed by atoms with Gasteiger partial charge in [-0.2, -0.15) is 13.2 Å². The molecule has 1 saturated heterocycles. The maximum absolute atomic E-state index is 14.0. The minimum Gasteiger partial charge on any atom is -0.504 e. The zero-order chi connectivity index (χ0) is 32.6. The number of phenols is 1. The smallest absolute Gasteiger partial charge is 0.416 e. The number of amides is 1. The molecule has 1 spiro atoms. The number of benzene rings is 2. The molecule has 7 rings (SSSR count). The van der Waals surface area contributed by atoms with E-state index in [2.05, 4.69) is 16.7 Å². The molecule has 7 nitrogen and oxygen atoms in total. The number of esters is 1. The first-order valence-electron chi connectivity index (χ1n) is 16.3. The first-order chi connectivity index (χ1) is 21.8. The minimum absolute atomic E-state index is 0.0284. The molecule has 3 aliphatic carbocycles. The van der Waals surface area contributed by atoms with Crippen LogP contribution < -0.4 is 4.74 Å². The highest BCUT2D eigenvalue weighted by atomic mass is 19.4. The fourth-order valence-corrected chi connectivity index (χ4v) is 8.91. The second kappa shape index (κ2) is 10.9. The number of halogens is 3. The fraction of sp³-hybridized carbons (Fsp3) is 0.556. The maximum atomic E-state index is 14.0. The molecule has 1 amide bonds. The van der Waals surface area contributed by atoms with Crippen LogP contribution in [0.4, 0.5) is 13.2 Å². The third-order valence-corrected chi connectivity index (χ3v) is 10.8. The van der Waals surface area contributed by atoms with E-state index in [4.69, 9.17) is 9.47 Å². The van der Waals surface area contributed by atoms with Crippen molar-refractivity contribution in [2.75, 3.05) is 19.6 Å². The highest BCUT2D eigenvalue weighted by Crippen LogP contribution is 2.67. The number of carbonyl (C=O) groups is 2. The van der Waals surface area contributed by atoms with E-state index in [-0.39, 0.29) is 23.7 Å². The fourth-order valence-electron chi connectivity index (χ4n) is 8.91. The summed E-state index contributed by atoms with van der Waals surface area (Å²) in [6.45, 7) is 7.60. The van der Waals surface area contributed by atoms with Crippen molar-refractivity contribution in [3.8, 4) is 23.3 Å². The molecular formula is C36H39F3N2O5. The van der Waals surface area contributed by atoms with Crippen LogP contribution in [0.5, 0.6) is 11.5 Å². The summed E-state index contributed by atoms with van der Waals surface area (Å²) in [5.74, 6) is 5.83. The molecule has 2 bridgehead atoms. The van der Waals surface area contributed by atoms with Gasteiger partial charge in [0.25, 0.3) is 5.91 Å². The topological polar surface area (TPSA) is 79.3 Å². The molecule has 1 N–H and O–H groups in total. The van der Waals surface area contributed by atoms with Crippen molar-refractivity contribution >= 4 is 11.9 Å². The monoisotopic (exact) mass is 636 g/mol. The van der Waals surface area contributed by atoms with Gasteiger partial charge in [0.15, 0.2) is 11.5 Å². The lowest BCUT2D eigenvalue weighted by atomic mass is 9.48. The molecule has 244 valence electrons. The zero-order valence-electron chi connectivity index (χ0n) is 26.3. The Kier molecular flexibility index (Phi) is 7.35. The lowest BCUT2D eigenvalue weighted by Crippen LogP contribution is -2.79. The van der Waals surface area contributed by atoms with Gasteiger partial charge < -0.3 is 19.5 Å². The number of piperidine rings is 1. The predicted octanol–water partition coefficient (Wildman–Crippen LogP) is 5.45. The zero-order valence-corrected chi connectivity index (χ0v) is 26.3. The number of ether oxygens (including phenoxy) is 2. The summed E-state index contributed by atoms with van der Waals surface area (Å²) < 4.78 is 52.5. The number of hydrogen-bond donors (Lipinski definition) is 1. The summed E-state index contributed by atoms with van der Waals surface area (Å²) in [6.07, 6.45) is -0.300. The SMILES string of the molecule is CC(=O)O[C@@]12CC[C@@H](N(CC(C)C)C(=O)C#Cc3ccc(C(F)(F)F)cc3)[C@@H]3Oc4c(O)ccc5c4[C@@]31CCN(CC1CC1)[C@@H]2C5. The number of nitrogens with zero attached hydrogens (tertiary/aromatic N) is 2. The van der Waals surface area contributed by atoms with Gasteiger partial charge in [-0.3, -0.25) is 14.5 Å². The predicted molar refractivity (Wildman–Crippen MR) is 163 cm³/mol. The Morgan fingerprint density at radius 1 is 1.13 bits per heavy atom. The molecule has 10 heteroatoms. The number of aromatic hydroxyl groups is 1. The summed E-state index contributed by atoms with van der Waals surface area (Å²) in [7, 11) is 0. The highest BCUT2D eigenvalue weighted by molar-refractivity contribution is 5.94.